The molecule has 0 heterocycles. The lowest BCUT2D eigenvalue weighted by molar-refractivity contribution is 0.592. The van der Waals surface area contributed by atoms with Gasteiger partial charge in [0.25, 0.3) is 0 Å². The molecule has 0 bridgehead atoms. The van der Waals surface area contributed by atoms with Crippen molar-refractivity contribution >= 4 is 51.5 Å². The summed E-state index contributed by atoms with van der Waals surface area (Å²) < 4.78 is 24.7. The van der Waals surface area contributed by atoms with Gasteiger partial charge in [0.1, 0.15) is 0 Å². The molecule has 5 nitrogen and oxygen atoms in total. The zero-order valence-electron chi connectivity index (χ0n) is 17.1. The Bertz CT molecular complexity index is 888. The fraction of sp³-hybridized carbons (Fsp3) is 0.381. The van der Waals surface area contributed by atoms with Crippen molar-refractivity contribution in [3.05, 3.63) is 59.7 Å². The highest BCUT2D eigenvalue weighted by Crippen LogP contribution is 2.22. The van der Waals surface area contributed by atoms with Crippen LogP contribution in [0.5, 0.6) is 0 Å². The molecule has 0 aliphatic carbocycles. The van der Waals surface area contributed by atoms with E-state index in [4.69, 9.17) is 0 Å². The van der Waals surface area contributed by atoms with Gasteiger partial charge in [0.2, 0.25) is 0 Å². The Balaban J connectivity index is 0.00000420. The van der Waals surface area contributed by atoms with Crippen LogP contribution in [-0.2, 0) is 16.4 Å². The molecule has 160 valence electrons. The van der Waals surface area contributed by atoms with E-state index in [-0.39, 0.29) is 29.7 Å². The number of nitrogens with zero attached hydrogens (tertiary/aromatic N) is 1. The van der Waals surface area contributed by atoms with Crippen molar-refractivity contribution in [3.63, 3.8) is 0 Å². The van der Waals surface area contributed by atoms with Gasteiger partial charge in [0.15, 0.2) is 15.8 Å². The molecule has 0 aliphatic heterocycles. The Hall–Kier alpha value is -1.26. The van der Waals surface area contributed by atoms with Crippen molar-refractivity contribution in [2.45, 2.75) is 36.6 Å². The maximum absolute atomic E-state index is 12.3. The molecule has 2 rings (SSSR count). The predicted octanol–water partition coefficient (Wildman–Crippen LogP) is 4.25. The van der Waals surface area contributed by atoms with Gasteiger partial charge in [-0.1, -0.05) is 30.3 Å². The van der Waals surface area contributed by atoms with Crippen molar-refractivity contribution in [2.75, 3.05) is 25.1 Å². The lowest BCUT2D eigenvalue weighted by atomic mass is 10.1. The average Bonchev–Trinajstić information content (AvgIpc) is 2.70. The minimum atomic E-state index is -3.24. The first kappa shape index (κ1) is 25.8. The van der Waals surface area contributed by atoms with Crippen LogP contribution < -0.4 is 10.6 Å². The number of guanidine groups is 1. The molecule has 8 heteroatoms. The SMILES string of the molecule is CCNC(=NCc1ccc(C)cc1SC)NCCCS(=O)(=O)c1ccccc1.I. The quantitative estimate of drug-likeness (QED) is 0.162. The molecule has 2 aromatic carbocycles. The van der Waals surface area contributed by atoms with E-state index in [9.17, 15) is 8.42 Å². The molecule has 0 aromatic heterocycles. The average molecular weight is 548 g/mol. The number of aliphatic imine (C=N–C) groups is 1. The minimum Gasteiger partial charge on any atom is -0.357 e. The van der Waals surface area contributed by atoms with Crippen LogP contribution in [-0.4, -0.2) is 39.5 Å². The van der Waals surface area contributed by atoms with Crippen LogP contribution in [0.4, 0.5) is 0 Å². The number of hydrogen-bond donors (Lipinski definition) is 2. The van der Waals surface area contributed by atoms with Gasteiger partial charge in [-0.15, -0.1) is 35.7 Å². The minimum absolute atomic E-state index is 0. The van der Waals surface area contributed by atoms with E-state index < -0.39 is 9.84 Å². The zero-order chi connectivity index (χ0) is 20.4. The molecule has 0 saturated heterocycles. The summed E-state index contributed by atoms with van der Waals surface area (Å²) in [4.78, 5) is 6.25. The molecule has 0 aliphatic rings. The van der Waals surface area contributed by atoms with E-state index in [0.717, 1.165) is 6.54 Å². The Kier molecular flexibility index (Phi) is 11.7. The van der Waals surface area contributed by atoms with Gasteiger partial charge in [-0.05, 0) is 55.9 Å². The molecule has 0 unspecified atom stereocenters. The number of halogens is 1. The summed E-state index contributed by atoms with van der Waals surface area (Å²) in [6.07, 6.45) is 2.58. The van der Waals surface area contributed by atoms with Crippen molar-refractivity contribution in [2.24, 2.45) is 4.99 Å². The van der Waals surface area contributed by atoms with Crippen LogP contribution in [0.3, 0.4) is 0 Å². The second-order valence-electron chi connectivity index (χ2n) is 6.42. The van der Waals surface area contributed by atoms with Gasteiger partial charge in [-0.25, -0.2) is 13.4 Å². The molecule has 29 heavy (non-hydrogen) atoms. The van der Waals surface area contributed by atoms with Gasteiger partial charge in [-0.2, -0.15) is 0 Å². The molecule has 0 atom stereocenters. The molecule has 0 spiro atoms. The Morgan fingerprint density at radius 2 is 1.83 bits per heavy atom. The van der Waals surface area contributed by atoms with Crippen molar-refractivity contribution in [1.82, 2.24) is 10.6 Å². The summed E-state index contributed by atoms with van der Waals surface area (Å²) in [7, 11) is -3.24. The standard InChI is InChI=1S/C21H29N3O2S2.HI/c1-4-22-21(24-16-18-12-11-17(2)15-20(18)27-3)23-13-8-14-28(25,26)19-9-6-5-7-10-19;/h5-7,9-12,15H,4,8,13-14,16H2,1-3H3,(H2,22,23,24);1H. The number of thioether (sulfide) groups is 1. The summed E-state index contributed by atoms with van der Waals surface area (Å²) in [5.41, 5.74) is 2.42. The third-order valence-electron chi connectivity index (χ3n) is 4.18. The molecular formula is C21H30IN3O2S2. The predicted molar refractivity (Wildman–Crippen MR) is 134 cm³/mol. The molecule has 0 fully saturated rings. The summed E-state index contributed by atoms with van der Waals surface area (Å²) in [5, 5.41) is 6.45. The van der Waals surface area contributed by atoms with Crippen LogP contribution in [0.2, 0.25) is 0 Å². The number of sulfone groups is 1. The molecule has 0 radical (unpaired) electrons. The third-order valence-corrected chi connectivity index (χ3v) is 6.82. The van der Waals surface area contributed by atoms with E-state index >= 15 is 0 Å². The Morgan fingerprint density at radius 1 is 1.10 bits per heavy atom. The number of nitrogens with one attached hydrogen (secondary N) is 2. The molecule has 0 saturated carbocycles. The summed E-state index contributed by atoms with van der Waals surface area (Å²) >= 11 is 1.72. The lowest BCUT2D eigenvalue weighted by Gasteiger charge is -2.12. The summed E-state index contributed by atoms with van der Waals surface area (Å²) in [6, 6.07) is 15.0. The number of aryl methyl sites for hydroxylation is 1. The highest BCUT2D eigenvalue weighted by molar-refractivity contribution is 14.0. The molecule has 0 amide bonds. The Morgan fingerprint density at radius 3 is 2.48 bits per heavy atom. The topological polar surface area (TPSA) is 70.6 Å². The molecule has 2 N–H and O–H groups in total. The molecular weight excluding hydrogens is 517 g/mol. The van der Waals surface area contributed by atoms with Crippen molar-refractivity contribution in [3.8, 4) is 0 Å². The first-order chi connectivity index (χ1) is 13.5. The van der Waals surface area contributed by atoms with E-state index in [0.29, 0.717) is 30.4 Å². The van der Waals surface area contributed by atoms with Gasteiger partial charge in [0, 0.05) is 18.0 Å². The van der Waals surface area contributed by atoms with E-state index in [1.54, 1.807) is 36.0 Å². The van der Waals surface area contributed by atoms with E-state index in [1.165, 1.54) is 16.0 Å². The lowest BCUT2D eigenvalue weighted by Crippen LogP contribution is -2.38. The van der Waals surface area contributed by atoms with E-state index in [1.807, 2.05) is 13.0 Å². The highest BCUT2D eigenvalue weighted by Gasteiger charge is 2.13. The van der Waals surface area contributed by atoms with E-state index in [2.05, 4.69) is 47.0 Å². The van der Waals surface area contributed by atoms with Gasteiger partial charge in [-0.3, -0.25) is 0 Å². The van der Waals surface area contributed by atoms with Crippen molar-refractivity contribution < 1.29 is 8.42 Å². The second kappa shape index (κ2) is 13.1. The van der Waals surface area contributed by atoms with Crippen molar-refractivity contribution in [1.29, 1.82) is 0 Å². The zero-order valence-corrected chi connectivity index (χ0v) is 21.1. The smallest absolute Gasteiger partial charge is 0.191 e. The largest absolute Gasteiger partial charge is 0.357 e. The van der Waals surface area contributed by atoms with Crippen LogP contribution in [0.25, 0.3) is 0 Å². The fourth-order valence-electron chi connectivity index (χ4n) is 2.70. The van der Waals surface area contributed by atoms with Crippen LogP contribution in [0.1, 0.15) is 24.5 Å². The van der Waals surface area contributed by atoms with Gasteiger partial charge < -0.3 is 10.6 Å². The maximum Gasteiger partial charge on any atom is 0.191 e. The first-order valence-electron chi connectivity index (χ1n) is 9.39. The summed E-state index contributed by atoms with van der Waals surface area (Å²) in [6.45, 7) is 5.96. The number of hydrogen-bond acceptors (Lipinski definition) is 4. The monoisotopic (exact) mass is 547 g/mol. The highest BCUT2D eigenvalue weighted by atomic mass is 127. The van der Waals surface area contributed by atoms with Gasteiger partial charge >= 0.3 is 0 Å². The van der Waals surface area contributed by atoms with Crippen LogP contribution in [0.15, 0.2) is 63.3 Å². The van der Waals surface area contributed by atoms with Crippen LogP contribution >= 0.6 is 35.7 Å². The fourth-order valence-corrected chi connectivity index (χ4v) is 4.73. The first-order valence-corrected chi connectivity index (χ1v) is 12.3. The third kappa shape index (κ3) is 8.55. The normalized spacial score (nSPS) is 11.6. The number of benzene rings is 2. The Labute approximate surface area is 196 Å². The van der Waals surface area contributed by atoms with Gasteiger partial charge in [0.05, 0.1) is 17.2 Å². The molecule has 2 aromatic rings. The number of rotatable bonds is 9. The maximum atomic E-state index is 12.3. The second-order valence-corrected chi connectivity index (χ2v) is 9.38. The van der Waals surface area contributed by atoms with Crippen LogP contribution in [0, 0.1) is 6.92 Å². The summed E-state index contributed by atoms with van der Waals surface area (Å²) in [5.74, 6) is 0.810.